The van der Waals surface area contributed by atoms with Gasteiger partial charge >= 0.3 is 0 Å². The van der Waals surface area contributed by atoms with Crippen LogP contribution in [-0.4, -0.2) is 36.9 Å². The summed E-state index contributed by atoms with van der Waals surface area (Å²) in [6, 6.07) is 0. The Hall–Kier alpha value is -0.510. The third-order valence-electron chi connectivity index (χ3n) is 2.35. The van der Waals surface area contributed by atoms with Crippen molar-refractivity contribution in [1.29, 1.82) is 0 Å². The largest absolute Gasteiger partial charge is 0.383 e. The zero-order valence-corrected chi connectivity index (χ0v) is 11.6. The number of nitrogens with two attached hydrogens (primary N) is 1. The molecule has 0 aromatic carbocycles. The summed E-state index contributed by atoms with van der Waals surface area (Å²) in [6.45, 7) is 2.04. The zero-order chi connectivity index (χ0) is 12.3. The Bertz CT molecular complexity index is 397. The maximum absolute atomic E-state index is 5.85. The van der Waals surface area contributed by atoms with E-state index in [-0.39, 0.29) is 6.10 Å². The first-order chi connectivity index (χ1) is 8.22. The molecule has 1 saturated heterocycles. The molecule has 0 saturated carbocycles. The smallest absolute Gasteiger partial charge is 0.162 e. The molecule has 1 unspecified atom stereocenters. The standard InChI is InChI=1S/C10H14IN3O3/c1-15-4-6-8(11)9(12)14-10(13-6)7-5-16-2-3-17-7/h7H,2-5H2,1H3,(H2,12,13,14). The van der Waals surface area contributed by atoms with Gasteiger partial charge in [-0.25, -0.2) is 9.97 Å². The molecule has 6 nitrogen and oxygen atoms in total. The molecule has 0 amide bonds. The molecule has 94 valence electrons. The van der Waals surface area contributed by atoms with Crippen LogP contribution in [0.1, 0.15) is 17.6 Å². The minimum absolute atomic E-state index is 0.237. The highest BCUT2D eigenvalue weighted by Gasteiger charge is 2.21. The van der Waals surface area contributed by atoms with Gasteiger partial charge in [-0.15, -0.1) is 0 Å². The number of rotatable bonds is 3. The highest BCUT2D eigenvalue weighted by molar-refractivity contribution is 14.1. The molecule has 1 aliphatic rings. The van der Waals surface area contributed by atoms with E-state index in [9.17, 15) is 0 Å². The van der Waals surface area contributed by atoms with Crippen LogP contribution in [0.15, 0.2) is 0 Å². The van der Waals surface area contributed by atoms with Crippen LogP contribution < -0.4 is 5.73 Å². The maximum atomic E-state index is 5.85. The number of ether oxygens (including phenoxy) is 3. The number of anilines is 1. The van der Waals surface area contributed by atoms with Crippen LogP contribution in [0.5, 0.6) is 0 Å². The van der Waals surface area contributed by atoms with Crippen LogP contribution >= 0.6 is 22.6 Å². The van der Waals surface area contributed by atoms with Crippen molar-refractivity contribution in [3.05, 3.63) is 15.1 Å². The predicted octanol–water partition coefficient (Wildman–Crippen LogP) is 0.898. The summed E-state index contributed by atoms with van der Waals surface area (Å²) in [5.41, 5.74) is 6.63. The lowest BCUT2D eigenvalue weighted by Crippen LogP contribution is -2.24. The lowest BCUT2D eigenvalue weighted by molar-refractivity contribution is -0.0936. The predicted molar refractivity (Wildman–Crippen MR) is 69.4 cm³/mol. The van der Waals surface area contributed by atoms with Gasteiger partial charge in [-0.2, -0.15) is 0 Å². The Labute approximate surface area is 113 Å². The van der Waals surface area contributed by atoms with Gasteiger partial charge in [0.05, 0.1) is 35.7 Å². The third kappa shape index (κ3) is 3.03. The normalized spacial score (nSPS) is 20.5. The van der Waals surface area contributed by atoms with Crippen molar-refractivity contribution in [2.45, 2.75) is 12.7 Å². The number of nitrogens with zero attached hydrogens (tertiary/aromatic N) is 2. The van der Waals surface area contributed by atoms with Crippen molar-refractivity contribution >= 4 is 28.4 Å². The summed E-state index contributed by atoms with van der Waals surface area (Å²) in [5, 5.41) is 0. The van der Waals surface area contributed by atoms with Gasteiger partial charge in [-0.05, 0) is 22.6 Å². The lowest BCUT2D eigenvalue weighted by atomic mass is 10.3. The highest BCUT2D eigenvalue weighted by Crippen LogP contribution is 2.23. The van der Waals surface area contributed by atoms with E-state index in [1.54, 1.807) is 7.11 Å². The van der Waals surface area contributed by atoms with Crippen molar-refractivity contribution in [2.24, 2.45) is 0 Å². The fourth-order valence-corrected chi connectivity index (χ4v) is 1.94. The molecule has 2 heterocycles. The van der Waals surface area contributed by atoms with Gasteiger partial charge in [0, 0.05) is 7.11 Å². The average molecular weight is 351 g/mol. The number of hydrogen-bond acceptors (Lipinski definition) is 6. The van der Waals surface area contributed by atoms with Gasteiger partial charge in [-0.3, -0.25) is 0 Å². The molecule has 1 fully saturated rings. The summed E-state index contributed by atoms with van der Waals surface area (Å²) in [6.07, 6.45) is -0.237. The van der Waals surface area contributed by atoms with Crippen molar-refractivity contribution in [3.8, 4) is 0 Å². The van der Waals surface area contributed by atoms with Gasteiger partial charge in [-0.1, -0.05) is 0 Å². The molecule has 2 rings (SSSR count). The minimum atomic E-state index is -0.237. The van der Waals surface area contributed by atoms with Gasteiger partial charge in [0.15, 0.2) is 5.82 Å². The van der Waals surface area contributed by atoms with E-state index in [1.165, 1.54) is 0 Å². The first kappa shape index (κ1) is 12.9. The van der Waals surface area contributed by atoms with Gasteiger partial charge in [0.2, 0.25) is 0 Å². The molecule has 0 spiro atoms. The highest BCUT2D eigenvalue weighted by atomic mass is 127. The quantitative estimate of drug-likeness (QED) is 0.816. The monoisotopic (exact) mass is 351 g/mol. The van der Waals surface area contributed by atoms with Gasteiger partial charge in [0.25, 0.3) is 0 Å². The second kappa shape index (κ2) is 5.89. The van der Waals surface area contributed by atoms with Crippen LogP contribution in [0.25, 0.3) is 0 Å². The molecule has 0 aliphatic carbocycles. The van der Waals surface area contributed by atoms with Gasteiger partial charge < -0.3 is 19.9 Å². The number of methoxy groups -OCH3 is 1. The number of aromatic nitrogens is 2. The summed E-state index contributed by atoms with van der Waals surface area (Å²) < 4.78 is 16.8. The molecule has 7 heteroatoms. The van der Waals surface area contributed by atoms with E-state index in [0.717, 1.165) is 9.26 Å². The summed E-state index contributed by atoms with van der Waals surface area (Å²) in [7, 11) is 1.62. The molecule has 1 atom stereocenters. The van der Waals surface area contributed by atoms with Crippen LogP contribution in [0.2, 0.25) is 0 Å². The van der Waals surface area contributed by atoms with Crippen molar-refractivity contribution in [3.63, 3.8) is 0 Å². The van der Waals surface area contributed by atoms with E-state index in [1.807, 2.05) is 0 Å². The zero-order valence-electron chi connectivity index (χ0n) is 9.48. The summed E-state index contributed by atoms with van der Waals surface area (Å²) in [4.78, 5) is 8.66. The summed E-state index contributed by atoms with van der Waals surface area (Å²) >= 11 is 2.11. The molecule has 2 N–H and O–H groups in total. The van der Waals surface area contributed by atoms with Crippen molar-refractivity contribution in [2.75, 3.05) is 32.7 Å². The van der Waals surface area contributed by atoms with Crippen LogP contribution in [0, 0.1) is 3.57 Å². The molecule has 1 aliphatic heterocycles. The Kier molecular flexibility index (Phi) is 4.48. The lowest BCUT2D eigenvalue weighted by Gasteiger charge is -2.22. The maximum Gasteiger partial charge on any atom is 0.162 e. The first-order valence-electron chi connectivity index (χ1n) is 5.22. The second-order valence-corrected chi connectivity index (χ2v) is 4.67. The third-order valence-corrected chi connectivity index (χ3v) is 3.52. The fourth-order valence-electron chi connectivity index (χ4n) is 1.55. The average Bonchev–Trinajstić information content (AvgIpc) is 2.36. The SMILES string of the molecule is COCc1nc(C2COCCO2)nc(N)c1I. The Morgan fingerprint density at radius 2 is 2.29 bits per heavy atom. The molecule has 0 bridgehead atoms. The molecule has 17 heavy (non-hydrogen) atoms. The summed E-state index contributed by atoms with van der Waals surface area (Å²) in [5.74, 6) is 1.02. The first-order valence-corrected chi connectivity index (χ1v) is 6.30. The second-order valence-electron chi connectivity index (χ2n) is 3.60. The van der Waals surface area contributed by atoms with E-state index in [2.05, 4.69) is 32.6 Å². The van der Waals surface area contributed by atoms with Crippen LogP contribution in [0.4, 0.5) is 5.82 Å². The Morgan fingerprint density at radius 1 is 1.47 bits per heavy atom. The fraction of sp³-hybridized carbons (Fsp3) is 0.600. The van der Waals surface area contributed by atoms with E-state index in [4.69, 9.17) is 19.9 Å². The molecular weight excluding hydrogens is 337 g/mol. The van der Waals surface area contributed by atoms with Crippen LogP contribution in [0.3, 0.4) is 0 Å². The molecular formula is C10H14IN3O3. The minimum Gasteiger partial charge on any atom is -0.383 e. The molecule has 0 radical (unpaired) electrons. The van der Waals surface area contributed by atoms with E-state index < -0.39 is 0 Å². The Balaban J connectivity index is 2.27. The number of nitrogen functional groups attached to an aromatic ring is 1. The molecule has 1 aromatic heterocycles. The van der Waals surface area contributed by atoms with Crippen molar-refractivity contribution in [1.82, 2.24) is 9.97 Å². The number of halogens is 1. The van der Waals surface area contributed by atoms with E-state index >= 15 is 0 Å². The van der Waals surface area contributed by atoms with Gasteiger partial charge in [0.1, 0.15) is 11.9 Å². The topological polar surface area (TPSA) is 79.5 Å². The molecule has 1 aromatic rings. The van der Waals surface area contributed by atoms with Crippen molar-refractivity contribution < 1.29 is 14.2 Å². The number of hydrogen-bond donors (Lipinski definition) is 1. The van der Waals surface area contributed by atoms with E-state index in [0.29, 0.717) is 38.1 Å². The Morgan fingerprint density at radius 3 is 2.94 bits per heavy atom. The van der Waals surface area contributed by atoms with Crippen LogP contribution in [-0.2, 0) is 20.8 Å².